The maximum Gasteiger partial charge on any atom is 0.289 e. The summed E-state index contributed by atoms with van der Waals surface area (Å²) in [4.78, 5) is 16.8. The standard InChI is InChI=1S/C18H21ClN2O3/c19-13-4-5-16-12(10-13)11-17(24-16)18(23)21-8-6-20(7-9-21)14-2-1-3-15(14)22/h4-5,10-11,14-15,22H,1-3,6-9H2/t14-,15-/m1/s1. The molecule has 1 N–H and O–H groups in total. The van der Waals surface area contributed by atoms with E-state index in [0.29, 0.717) is 29.5 Å². The van der Waals surface area contributed by atoms with Crippen molar-refractivity contribution in [2.75, 3.05) is 26.2 Å². The number of carbonyl (C=O) groups is 1. The molecule has 0 bridgehead atoms. The highest BCUT2D eigenvalue weighted by Crippen LogP contribution is 2.27. The van der Waals surface area contributed by atoms with Crippen molar-refractivity contribution in [1.29, 1.82) is 0 Å². The van der Waals surface area contributed by atoms with Gasteiger partial charge in [-0.15, -0.1) is 0 Å². The SMILES string of the molecule is O=C(c1cc2cc(Cl)ccc2o1)N1CCN([C@@H]2CCC[C@H]2O)CC1. The molecule has 2 aromatic rings. The average Bonchev–Trinajstić information content (AvgIpc) is 3.20. The Kier molecular flexibility index (Phi) is 4.24. The van der Waals surface area contributed by atoms with E-state index in [-0.39, 0.29) is 18.1 Å². The normalized spacial score (nSPS) is 25.5. The van der Waals surface area contributed by atoms with Gasteiger partial charge in [-0.05, 0) is 43.5 Å². The van der Waals surface area contributed by atoms with Crippen molar-refractivity contribution in [3.63, 3.8) is 0 Å². The Bertz CT molecular complexity index is 752. The highest BCUT2D eigenvalue weighted by Gasteiger charge is 2.33. The van der Waals surface area contributed by atoms with E-state index in [0.717, 1.165) is 37.7 Å². The van der Waals surface area contributed by atoms with Crippen molar-refractivity contribution in [3.8, 4) is 0 Å². The molecule has 0 radical (unpaired) electrons. The van der Waals surface area contributed by atoms with Crippen molar-refractivity contribution in [2.45, 2.75) is 31.4 Å². The number of piperazine rings is 1. The number of furan rings is 1. The molecule has 6 heteroatoms. The number of halogens is 1. The van der Waals surface area contributed by atoms with E-state index < -0.39 is 0 Å². The van der Waals surface area contributed by atoms with Gasteiger partial charge in [0.1, 0.15) is 5.58 Å². The first kappa shape index (κ1) is 15.9. The maximum atomic E-state index is 12.7. The number of carbonyl (C=O) groups excluding carboxylic acids is 1. The summed E-state index contributed by atoms with van der Waals surface area (Å²) < 4.78 is 5.68. The smallest absolute Gasteiger partial charge is 0.289 e. The predicted molar refractivity (Wildman–Crippen MR) is 92.3 cm³/mol. The van der Waals surface area contributed by atoms with Gasteiger partial charge in [-0.2, -0.15) is 0 Å². The summed E-state index contributed by atoms with van der Waals surface area (Å²) in [5, 5.41) is 11.5. The minimum Gasteiger partial charge on any atom is -0.451 e. The Balaban J connectivity index is 1.43. The van der Waals surface area contributed by atoms with Crippen molar-refractivity contribution < 1.29 is 14.3 Å². The van der Waals surface area contributed by atoms with Crippen molar-refractivity contribution in [3.05, 3.63) is 35.0 Å². The van der Waals surface area contributed by atoms with Crippen LogP contribution in [0.5, 0.6) is 0 Å². The second-order valence-corrected chi connectivity index (χ2v) is 7.12. The summed E-state index contributed by atoms with van der Waals surface area (Å²) in [5.74, 6) is 0.288. The summed E-state index contributed by atoms with van der Waals surface area (Å²) >= 11 is 5.98. The van der Waals surface area contributed by atoms with Crippen LogP contribution in [0.3, 0.4) is 0 Å². The fourth-order valence-corrected chi connectivity index (χ4v) is 4.06. The van der Waals surface area contributed by atoms with Crippen LogP contribution in [0.15, 0.2) is 28.7 Å². The van der Waals surface area contributed by atoms with E-state index in [2.05, 4.69) is 4.90 Å². The van der Waals surface area contributed by atoms with Gasteiger partial charge in [-0.25, -0.2) is 0 Å². The molecule has 4 rings (SSSR count). The summed E-state index contributed by atoms with van der Waals surface area (Å²) in [5.41, 5.74) is 0.676. The summed E-state index contributed by atoms with van der Waals surface area (Å²) in [6.45, 7) is 2.94. The Labute approximate surface area is 145 Å². The van der Waals surface area contributed by atoms with Gasteiger partial charge in [-0.1, -0.05) is 11.6 Å². The average molecular weight is 349 g/mol. The Morgan fingerprint density at radius 3 is 2.67 bits per heavy atom. The zero-order valence-corrected chi connectivity index (χ0v) is 14.2. The topological polar surface area (TPSA) is 56.9 Å². The largest absolute Gasteiger partial charge is 0.451 e. The second kappa shape index (κ2) is 6.39. The van der Waals surface area contributed by atoms with Crippen LogP contribution in [0.1, 0.15) is 29.8 Å². The van der Waals surface area contributed by atoms with E-state index in [9.17, 15) is 9.90 Å². The minimum absolute atomic E-state index is 0.0751. The second-order valence-electron chi connectivity index (χ2n) is 6.69. The van der Waals surface area contributed by atoms with E-state index in [1.807, 2.05) is 4.90 Å². The molecule has 1 aliphatic heterocycles. The lowest BCUT2D eigenvalue weighted by Crippen LogP contribution is -2.53. The number of aliphatic hydroxyl groups excluding tert-OH is 1. The van der Waals surface area contributed by atoms with Gasteiger partial charge >= 0.3 is 0 Å². The highest BCUT2D eigenvalue weighted by molar-refractivity contribution is 6.31. The number of amides is 1. The third kappa shape index (κ3) is 2.92. The monoisotopic (exact) mass is 348 g/mol. The first-order chi connectivity index (χ1) is 11.6. The Morgan fingerprint density at radius 1 is 1.17 bits per heavy atom. The number of hydrogen-bond donors (Lipinski definition) is 1. The first-order valence-electron chi connectivity index (χ1n) is 8.52. The van der Waals surface area contributed by atoms with Gasteiger partial charge in [0.05, 0.1) is 6.10 Å². The van der Waals surface area contributed by atoms with Gasteiger partial charge in [0.2, 0.25) is 0 Å². The molecule has 2 aliphatic rings. The molecule has 1 amide bonds. The molecule has 0 spiro atoms. The Hall–Kier alpha value is -1.56. The quantitative estimate of drug-likeness (QED) is 0.906. The maximum absolute atomic E-state index is 12.7. The lowest BCUT2D eigenvalue weighted by molar-refractivity contribution is 0.0303. The molecule has 2 atom stereocenters. The van der Waals surface area contributed by atoms with Crippen molar-refractivity contribution in [2.24, 2.45) is 0 Å². The van der Waals surface area contributed by atoms with Crippen LogP contribution in [0.2, 0.25) is 5.02 Å². The van der Waals surface area contributed by atoms with Gasteiger partial charge in [0, 0.05) is 42.6 Å². The molecule has 1 aliphatic carbocycles. The van der Waals surface area contributed by atoms with Crippen LogP contribution in [-0.2, 0) is 0 Å². The molecule has 128 valence electrons. The van der Waals surface area contributed by atoms with Crippen LogP contribution in [0.25, 0.3) is 11.0 Å². The number of hydrogen-bond acceptors (Lipinski definition) is 4. The minimum atomic E-state index is -0.215. The molecule has 5 nitrogen and oxygen atoms in total. The van der Waals surface area contributed by atoms with Crippen molar-refractivity contribution >= 4 is 28.5 Å². The number of rotatable bonds is 2. The molecular formula is C18H21ClN2O3. The van der Waals surface area contributed by atoms with Crippen molar-refractivity contribution in [1.82, 2.24) is 9.80 Å². The number of fused-ring (bicyclic) bond motifs is 1. The zero-order chi connectivity index (χ0) is 16.7. The van der Waals surface area contributed by atoms with Crippen LogP contribution >= 0.6 is 11.6 Å². The molecule has 0 unspecified atom stereocenters. The van der Waals surface area contributed by atoms with E-state index in [1.165, 1.54) is 0 Å². The number of benzene rings is 1. The molecule has 1 saturated carbocycles. The van der Waals surface area contributed by atoms with Gasteiger partial charge in [-0.3, -0.25) is 9.69 Å². The predicted octanol–water partition coefficient (Wildman–Crippen LogP) is 2.76. The molecule has 1 saturated heterocycles. The number of aliphatic hydroxyl groups is 1. The fraction of sp³-hybridized carbons (Fsp3) is 0.500. The fourth-order valence-electron chi connectivity index (χ4n) is 3.88. The third-order valence-electron chi connectivity index (χ3n) is 5.20. The highest BCUT2D eigenvalue weighted by atomic mass is 35.5. The van der Waals surface area contributed by atoms with Gasteiger partial charge in [0.25, 0.3) is 5.91 Å². The van der Waals surface area contributed by atoms with E-state index in [1.54, 1.807) is 24.3 Å². The molecule has 1 aromatic carbocycles. The van der Waals surface area contributed by atoms with Crippen LogP contribution in [0, 0.1) is 0 Å². The summed E-state index contributed by atoms with van der Waals surface area (Å²) in [7, 11) is 0. The molecule has 24 heavy (non-hydrogen) atoms. The van der Waals surface area contributed by atoms with Gasteiger partial charge < -0.3 is 14.4 Å². The lowest BCUT2D eigenvalue weighted by atomic mass is 10.1. The zero-order valence-electron chi connectivity index (χ0n) is 13.4. The first-order valence-corrected chi connectivity index (χ1v) is 8.90. The van der Waals surface area contributed by atoms with Crippen LogP contribution in [0.4, 0.5) is 0 Å². The molecule has 1 aromatic heterocycles. The van der Waals surface area contributed by atoms with Gasteiger partial charge in [0.15, 0.2) is 5.76 Å². The van der Waals surface area contributed by atoms with Crippen LogP contribution < -0.4 is 0 Å². The number of nitrogens with zero attached hydrogens (tertiary/aromatic N) is 2. The summed E-state index contributed by atoms with van der Waals surface area (Å²) in [6.07, 6.45) is 2.82. The third-order valence-corrected chi connectivity index (χ3v) is 5.44. The molecule has 2 fully saturated rings. The summed E-state index contributed by atoms with van der Waals surface area (Å²) in [6, 6.07) is 7.37. The molecule has 2 heterocycles. The molecular weight excluding hydrogens is 328 g/mol. The van der Waals surface area contributed by atoms with E-state index in [4.69, 9.17) is 16.0 Å². The van der Waals surface area contributed by atoms with Crippen LogP contribution in [-0.4, -0.2) is 59.1 Å². The Morgan fingerprint density at radius 2 is 1.96 bits per heavy atom. The van der Waals surface area contributed by atoms with E-state index >= 15 is 0 Å². The lowest BCUT2D eigenvalue weighted by Gasteiger charge is -2.38.